The van der Waals surface area contributed by atoms with E-state index >= 15 is 0 Å². The predicted molar refractivity (Wildman–Crippen MR) is 44.9 cm³/mol. The quantitative estimate of drug-likeness (QED) is 0.681. The molecule has 0 fully saturated rings. The van der Waals surface area contributed by atoms with Gasteiger partial charge in [-0.1, -0.05) is 0 Å². The first-order valence-electron chi connectivity index (χ1n) is 3.68. The summed E-state index contributed by atoms with van der Waals surface area (Å²) in [6, 6.07) is 1.76. The van der Waals surface area contributed by atoms with Crippen LogP contribution in [0.1, 0.15) is 15.2 Å². The van der Waals surface area contributed by atoms with Gasteiger partial charge in [-0.15, -0.1) is 11.3 Å². The van der Waals surface area contributed by atoms with E-state index in [1.165, 1.54) is 11.3 Å². The van der Waals surface area contributed by atoms with E-state index < -0.39 is 18.0 Å². The summed E-state index contributed by atoms with van der Waals surface area (Å²) in [6.07, 6.45) is -0.741. The Kier molecular flexibility index (Phi) is 1.81. The third kappa shape index (κ3) is 1.31. The summed E-state index contributed by atoms with van der Waals surface area (Å²) in [6.45, 7) is 0. The Morgan fingerprint density at radius 3 is 3.15 bits per heavy atom. The summed E-state index contributed by atoms with van der Waals surface area (Å²) in [4.78, 5) is 22.3. The minimum absolute atomic E-state index is 0.278. The largest absolute Gasteiger partial charge is 0.478 e. The Morgan fingerprint density at radius 1 is 1.69 bits per heavy atom. The van der Waals surface area contributed by atoms with Gasteiger partial charge >= 0.3 is 11.9 Å². The minimum atomic E-state index is -1.09. The van der Waals surface area contributed by atoms with E-state index in [9.17, 15) is 9.59 Å². The number of carbonyl (C=O) groups is 2. The number of fused-ring (bicyclic) bond motifs is 1. The van der Waals surface area contributed by atoms with E-state index in [4.69, 9.17) is 9.84 Å². The summed E-state index contributed by atoms with van der Waals surface area (Å²) >= 11 is 1.28. The van der Waals surface area contributed by atoms with E-state index in [0.717, 1.165) is 5.56 Å². The van der Waals surface area contributed by atoms with Crippen LogP contribution >= 0.6 is 11.3 Å². The van der Waals surface area contributed by atoms with Gasteiger partial charge in [-0.2, -0.15) is 0 Å². The van der Waals surface area contributed by atoms with Crippen LogP contribution in [-0.4, -0.2) is 23.1 Å². The molecule has 0 aromatic carbocycles. The number of cyclic esters (lactones) is 1. The zero-order chi connectivity index (χ0) is 9.42. The molecular weight excluding hydrogens is 192 g/mol. The molecule has 13 heavy (non-hydrogen) atoms. The summed E-state index contributed by atoms with van der Waals surface area (Å²) in [5.74, 6) is -1.62. The number of aliphatic carboxylic acids is 1. The molecule has 0 bridgehead atoms. The van der Waals surface area contributed by atoms with Crippen molar-refractivity contribution >= 4 is 23.3 Å². The van der Waals surface area contributed by atoms with Crippen molar-refractivity contribution in [2.75, 3.05) is 0 Å². The maximum Gasteiger partial charge on any atom is 0.349 e. The first-order valence-corrected chi connectivity index (χ1v) is 4.56. The zero-order valence-corrected chi connectivity index (χ0v) is 7.34. The van der Waals surface area contributed by atoms with Crippen molar-refractivity contribution in [1.82, 2.24) is 0 Å². The van der Waals surface area contributed by atoms with Gasteiger partial charge < -0.3 is 9.84 Å². The van der Waals surface area contributed by atoms with Crippen LogP contribution in [-0.2, 0) is 16.0 Å². The number of rotatable bonds is 1. The van der Waals surface area contributed by atoms with Crippen molar-refractivity contribution in [2.24, 2.45) is 0 Å². The summed E-state index contributed by atoms with van der Waals surface area (Å²) in [7, 11) is 0. The number of carboxylic acids is 1. The lowest BCUT2D eigenvalue weighted by Crippen LogP contribution is -2.33. The van der Waals surface area contributed by atoms with Crippen LogP contribution in [0.5, 0.6) is 0 Å². The van der Waals surface area contributed by atoms with E-state index in [2.05, 4.69) is 0 Å². The molecule has 1 N–H and O–H groups in total. The zero-order valence-electron chi connectivity index (χ0n) is 6.52. The molecule has 0 aliphatic carbocycles. The first kappa shape index (κ1) is 8.25. The van der Waals surface area contributed by atoms with E-state index in [0.29, 0.717) is 4.88 Å². The van der Waals surface area contributed by atoms with Crippen LogP contribution in [0, 0.1) is 0 Å². The van der Waals surface area contributed by atoms with E-state index in [1.54, 1.807) is 11.4 Å². The van der Waals surface area contributed by atoms with Crippen LogP contribution in [0.3, 0.4) is 0 Å². The lowest BCUT2D eigenvalue weighted by molar-refractivity contribution is -0.147. The molecule has 2 heterocycles. The Balaban J connectivity index is 2.34. The highest BCUT2D eigenvalue weighted by Crippen LogP contribution is 2.25. The number of carbonyl (C=O) groups excluding carboxylic acids is 1. The molecule has 0 saturated carbocycles. The minimum Gasteiger partial charge on any atom is -0.478 e. The first-order chi connectivity index (χ1) is 6.18. The molecule has 5 heteroatoms. The molecule has 0 amide bonds. The van der Waals surface area contributed by atoms with Gasteiger partial charge in [-0.3, -0.25) is 0 Å². The Morgan fingerprint density at radius 2 is 2.46 bits per heavy atom. The number of thiophene rings is 1. The van der Waals surface area contributed by atoms with Gasteiger partial charge in [0.25, 0.3) is 0 Å². The second-order valence-corrected chi connectivity index (χ2v) is 3.63. The van der Waals surface area contributed by atoms with Crippen molar-refractivity contribution in [3.05, 3.63) is 21.9 Å². The molecule has 1 aliphatic heterocycles. The molecule has 0 spiro atoms. The molecule has 0 radical (unpaired) electrons. The SMILES string of the molecule is O=C1O[C@@H](C(=O)O)Cc2ccsc21. The van der Waals surface area contributed by atoms with Gasteiger partial charge in [0, 0.05) is 6.42 Å². The molecular formula is C8H6O4S. The highest BCUT2D eigenvalue weighted by molar-refractivity contribution is 7.12. The molecule has 1 aliphatic rings. The van der Waals surface area contributed by atoms with Crippen molar-refractivity contribution in [3.8, 4) is 0 Å². The maximum absolute atomic E-state index is 11.2. The molecule has 4 nitrogen and oxygen atoms in total. The number of carboxylic acid groups (broad SMARTS) is 1. The van der Waals surface area contributed by atoms with Crippen molar-refractivity contribution in [1.29, 1.82) is 0 Å². The van der Waals surface area contributed by atoms with Crippen molar-refractivity contribution < 1.29 is 19.4 Å². The van der Waals surface area contributed by atoms with Crippen LogP contribution < -0.4 is 0 Å². The van der Waals surface area contributed by atoms with Crippen LogP contribution in [0.15, 0.2) is 11.4 Å². The predicted octanol–water partition coefficient (Wildman–Crippen LogP) is 0.914. The summed E-state index contributed by atoms with van der Waals surface area (Å²) < 4.78 is 4.70. The third-order valence-corrected chi connectivity index (χ3v) is 2.80. The highest BCUT2D eigenvalue weighted by Gasteiger charge is 2.31. The molecule has 1 aromatic rings. The monoisotopic (exact) mass is 198 g/mol. The molecule has 68 valence electrons. The number of esters is 1. The van der Waals surface area contributed by atoms with Gasteiger partial charge in [0.2, 0.25) is 6.10 Å². The highest BCUT2D eigenvalue weighted by atomic mass is 32.1. The van der Waals surface area contributed by atoms with Crippen molar-refractivity contribution in [2.45, 2.75) is 12.5 Å². The fourth-order valence-corrected chi connectivity index (χ4v) is 2.05. The maximum atomic E-state index is 11.2. The Bertz CT molecular complexity index is 368. The van der Waals surface area contributed by atoms with Gasteiger partial charge in [-0.05, 0) is 17.0 Å². The standard InChI is InChI=1S/C8H6O4S/c9-7(10)5-3-4-1-2-13-6(4)8(11)12-5/h1-2,5H,3H2,(H,9,10)/t5-/m1/s1. The van der Waals surface area contributed by atoms with Gasteiger partial charge in [0.15, 0.2) is 0 Å². The van der Waals surface area contributed by atoms with Crippen molar-refractivity contribution in [3.63, 3.8) is 0 Å². The smallest absolute Gasteiger partial charge is 0.349 e. The number of ether oxygens (including phenoxy) is 1. The van der Waals surface area contributed by atoms with Crippen LogP contribution in [0.4, 0.5) is 0 Å². The number of hydrogen-bond donors (Lipinski definition) is 1. The van der Waals surface area contributed by atoms with Crippen LogP contribution in [0.2, 0.25) is 0 Å². The molecule has 0 unspecified atom stereocenters. The Hall–Kier alpha value is -1.36. The van der Waals surface area contributed by atoms with E-state index in [1.807, 2.05) is 0 Å². The van der Waals surface area contributed by atoms with E-state index in [-0.39, 0.29) is 6.42 Å². The number of hydrogen-bond acceptors (Lipinski definition) is 4. The average Bonchev–Trinajstić information content (AvgIpc) is 2.51. The molecule has 2 rings (SSSR count). The second-order valence-electron chi connectivity index (χ2n) is 2.71. The second kappa shape index (κ2) is 2.85. The average molecular weight is 198 g/mol. The summed E-state index contributed by atoms with van der Waals surface area (Å²) in [5.41, 5.74) is 0.772. The lowest BCUT2D eigenvalue weighted by atomic mass is 10.1. The third-order valence-electron chi connectivity index (χ3n) is 1.86. The lowest BCUT2D eigenvalue weighted by Gasteiger charge is -2.18. The molecule has 1 atom stereocenters. The fourth-order valence-electron chi connectivity index (χ4n) is 1.24. The normalized spacial score (nSPS) is 20.6. The van der Waals surface area contributed by atoms with Gasteiger partial charge in [-0.25, -0.2) is 9.59 Å². The fraction of sp³-hybridized carbons (Fsp3) is 0.250. The Labute approximate surface area is 77.8 Å². The molecule has 1 aromatic heterocycles. The van der Waals surface area contributed by atoms with Crippen LogP contribution in [0.25, 0.3) is 0 Å². The topological polar surface area (TPSA) is 63.6 Å². The van der Waals surface area contributed by atoms with Gasteiger partial charge in [0.1, 0.15) is 4.88 Å². The molecule has 0 saturated heterocycles. The van der Waals surface area contributed by atoms with Gasteiger partial charge in [0.05, 0.1) is 0 Å². The summed E-state index contributed by atoms with van der Waals surface area (Å²) in [5, 5.41) is 10.4.